The number of rotatable bonds is 4. The molecule has 0 aliphatic heterocycles. The highest BCUT2D eigenvalue weighted by Crippen LogP contribution is 2.18. The van der Waals surface area contributed by atoms with Crippen LogP contribution in [0.3, 0.4) is 0 Å². The van der Waals surface area contributed by atoms with Crippen molar-refractivity contribution in [2.75, 3.05) is 0 Å². The molecule has 4 nitrogen and oxygen atoms in total. The summed E-state index contributed by atoms with van der Waals surface area (Å²) in [6.45, 7) is 0.312. The molecule has 0 saturated carbocycles. The maximum atomic E-state index is 12.9. The molecular weight excluding hydrogens is 283 g/mol. The van der Waals surface area contributed by atoms with Crippen molar-refractivity contribution in [1.82, 2.24) is 10.3 Å². The lowest BCUT2D eigenvalue weighted by molar-refractivity contribution is -0.129. The maximum absolute atomic E-state index is 12.9. The van der Waals surface area contributed by atoms with E-state index in [9.17, 15) is 14.3 Å². The molecule has 0 spiro atoms. The molecule has 2 aromatic carbocycles. The van der Waals surface area contributed by atoms with E-state index < -0.39 is 17.8 Å². The van der Waals surface area contributed by atoms with Crippen LogP contribution >= 0.6 is 0 Å². The highest BCUT2D eigenvalue weighted by molar-refractivity contribution is 5.85. The second-order valence-electron chi connectivity index (χ2n) is 5.03. The summed E-state index contributed by atoms with van der Waals surface area (Å²) in [5, 5.41) is 13.7. The summed E-state index contributed by atoms with van der Waals surface area (Å²) in [6.07, 6.45) is 0.523. The van der Waals surface area contributed by atoms with E-state index in [0.29, 0.717) is 12.1 Å². The Morgan fingerprint density at radius 2 is 1.95 bits per heavy atom. The first-order valence-electron chi connectivity index (χ1n) is 6.91. The molecule has 0 aliphatic rings. The summed E-state index contributed by atoms with van der Waals surface area (Å²) < 4.78 is 12.9. The van der Waals surface area contributed by atoms with E-state index in [2.05, 4.69) is 10.3 Å². The zero-order valence-electron chi connectivity index (χ0n) is 11.7. The first-order valence-corrected chi connectivity index (χ1v) is 6.91. The highest BCUT2D eigenvalue weighted by atomic mass is 19.1. The molecular formula is C17H15FN2O2. The van der Waals surface area contributed by atoms with Crippen molar-refractivity contribution in [1.29, 1.82) is 0 Å². The summed E-state index contributed by atoms with van der Waals surface area (Å²) >= 11 is 0. The van der Waals surface area contributed by atoms with Crippen LogP contribution in [0, 0.1) is 5.82 Å². The topological polar surface area (TPSA) is 65.1 Å². The molecule has 3 rings (SSSR count). The van der Waals surface area contributed by atoms with Crippen molar-refractivity contribution in [3.8, 4) is 0 Å². The Morgan fingerprint density at radius 1 is 1.18 bits per heavy atom. The Morgan fingerprint density at radius 3 is 2.73 bits per heavy atom. The summed E-state index contributed by atoms with van der Waals surface area (Å²) in [7, 11) is 0. The van der Waals surface area contributed by atoms with Gasteiger partial charge in [-0.3, -0.25) is 4.79 Å². The number of carbonyl (C=O) groups excluding carboxylic acids is 1. The number of amides is 1. The van der Waals surface area contributed by atoms with Crippen LogP contribution in [0.15, 0.2) is 54.7 Å². The average Bonchev–Trinajstić information content (AvgIpc) is 3.01. The monoisotopic (exact) mass is 298 g/mol. The fourth-order valence-corrected chi connectivity index (χ4v) is 2.38. The van der Waals surface area contributed by atoms with Gasteiger partial charge in [0.2, 0.25) is 0 Å². The molecule has 1 amide bonds. The van der Waals surface area contributed by atoms with E-state index in [-0.39, 0.29) is 0 Å². The number of fused-ring (bicyclic) bond motifs is 1. The molecule has 0 fully saturated rings. The third-order valence-corrected chi connectivity index (χ3v) is 3.57. The molecule has 3 aromatic rings. The highest BCUT2D eigenvalue weighted by Gasteiger charge is 2.17. The van der Waals surface area contributed by atoms with Crippen molar-refractivity contribution in [3.05, 3.63) is 71.7 Å². The molecule has 5 heteroatoms. The molecule has 112 valence electrons. The van der Waals surface area contributed by atoms with Crippen molar-refractivity contribution in [2.24, 2.45) is 0 Å². The Kier molecular flexibility index (Phi) is 3.89. The van der Waals surface area contributed by atoms with Gasteiger partial charge in [-0.25, -0.2) is 4.39 Å². The summed E-state index contributed by atoms with van der Waals surface area (Å²) in [5.74, 6) is -0.922. The Balaban J connectivity index is 1.69. The summed E-state index contributed by atoms with van der Waals surface area (Å²) in [6, 6.07) is 12.9. The minimum atomic E-state index is -1.31. The van der Waals surface area contributed by atoms with Gasteiger partial charge in [0, 0.05) is 23.6 Å². The number of hydrogen-bond acceptors (Lipinski definition) is 2. The Hall–Kier alpha value is -2.66. The van der Waals surface area contributed by atoms with Gasteiger partial charge in [0.15, 0.2) is 6.10 Å². The smallest absolute Gasteiger partial charge is 0.253 e. The second-order valence-corrected chi connectivity index (χ2v) is 5.03. The Labute approximate surface area is 126 Å². The van der Waals surface area contributed by atoms with Crippen LogP contribution in [0.25, 0.3) is 10.9 Å². The first-order chi connectivity index (χ1) is 10.6. The van der Waals surface area contributed by atoms with E-state index in [4.69, 9.17) is 0 Å². The minimum absolute atomic E-state index is 0.312. The van der Waals surface area contributed by atoms with Crippen LogP contribution in [0.4, 0.5) is 4.39 Å². The van der Waals surface area contributed by atoms with Gasteiger partial charge in [-0.05, 0) is 35.4 Å². The quantitative estimate of drug-likeness (QED) is 0.693. The van der Waals surface area contributed by atoms with Crippen molar-refractivity contribution in [2.45, 2.75) is 12.6 Å². The minimum Gasteiger partial charge on any atom is -0.378 e. The van der Waals surface area contributed by atoms with E-state index in [1.165, 1.54) is 24.3 Å². The zero-order valence-corrected chi connectivity index (χ0v) is 11.7. The number of H-pyrrole nitrogens is 1. The number of nitrogens with one attached hydrogen (secondary N) is 2. The number of aromatic nitrogens is 1. The predicted octanol–water partition coefficient (Wildman–Crippen LogP) is 2.66. The number of carbonyl (C=O) groups is 1. The summed E-state index contributed by atoms with van der Waals surface area (Å²) in [5.41, 5.74) is 2.31. The lowest BCUT2D eigenvalue weighted by Gasteiger charge is -2.12. The second kappa shape index (κ2) is 5.99. The number of aliphatic hydroxyl groups is 1. The third kappa shape index (κ3) is 2.84. The van der Waals surface area contributed by atoms with Gasteiger partial charge in [-0.1, -0.05) is 24.3 Å². The average molecular weight is 298 g/mol. The van der Waals surface area contributed by atoms with E-state index in [0.717, 1.165) is 16.5 Å². The van der Waals surface area contributed by atoms with Crippen LogP contribution in [0.1, 0.15) is 17.2 Å². The third-order valence-electron chi connectivity index (χ3n) is 3.57. The SMILES string of the molecule is O=C(NCc1cccc2[nH]ccc12)C(O)c1ccc(F)cc1. The molecule has 3 N–H and O–H groups in total. The number of benzene rings is 2. The van der Waals surface area contributed by atoms with Gasteiger partial charge < -0.3 is 15.4 Å². The largest absolute Gasteiger partial charge is 0.378 e. The lowest BCUT2D eigenvalue weighted by Crippen LogP contribution is -2.28. The molecule has 1 unspecified atom stereocenters. The normalized spacial score (nSPS) is 12.3. The van der Waals surface area contributed by atoms with E-state index >= 15 is 0 Å². The molecule has 0 aliphatic carbocycles. The number of halogens is 1. The van der Waals surface area contributed by atoms with Crippen LogP contribution in [0.2, 0.25) is 0 Å². The molecule has 22 heavy (non-hydrogen) atoms. The van der Waals surface area contributed by atoms with Gasteiger partial charge in [0.25, 0.3) is 5.91 Å². The molecule has 0 bridgehead atoms. The standard InChI is InChI=1S/C17H15FN2O2/c18-13-6-4-11(5-7-13)16(21)17(22)20-10-12-2-1-3-15-14(12)8-9-19-15/h1-9,16,19,21H,10H2,(H,20,22). The van der Waals surface area contributed by atoms with Crippen molar-refractivity contribution < 1.29 is 14.3 Å². The van der Waals surface area contributed by atoms with Crippen LogP contribution in [-0.2, 0) is 11.3 Å². The summed E-state index contributed by atoms with van der Waals surface area (Å²) in [4.78, 5) is 15.1. The lowest BCUT2D eigenvalue weighted by atomic mass is 10.1. The Bertz CT molecular complexity index is 796. The van der Waals surface area contributed by atoms with Crippen LogP contribution < -0.4 is 5.32 Å². The van der Waals surface area contributed by atoms with Crippen molar-refractivity contribution >= 4 is 16.8 Å². The predicted molar refractivity (Wildman–Crippen MR) is 81.5 cm³/mol. The van der Waals surface area contributed by atoms with Crippen LogP contribution in [0.5, 0.6) is 0 Å². The molecule has 1 aromatic heterocycles. The van der Waals surface area contributed by atoms with Gasteiger partial charge in [-0.2, -0.15) is 0 Å². The van der Waals surface area contributed by atoms with E-state index in [1.807, 2.05) is 30.5 Å². The number of aromatic amines is 1. The maximum Gasteiger partial charge on any atom is 0.253 e. The van der Waals surface area contributed by atoms with Gasteiger partial charge in [-0.15, -0.1) is 0 Å². The number of hydrogen-bond donors (Lipinski definition) is 3. The fraction of sp³-hybridized carbons (Fsp3) is 0.118. The fourth-order valence-electron chi connectivity index (χ4n) is 2.38. The molecule has 0 radical (unpaired) electrons. The molecule has 0 saturated heterocycles. The van der Waals surface area contributed by atoms with Gasteiger partial charge >= 0.3 is 0 Å². The molecule has 1 atom stereocenters. The van der Waals surface area contributed by atoms with Crippen LogP contribution in [-0.4, -0.2) is 16.0 Å². The zero-order chi connectivity index (χ0) is 15.5. The number of aliphatic hydroxyl groups excluding tert-OH is 1. The first kappa shape index (κ1) is 14.3. The molecule has 1 heterocycles. The van der Waals surface area contributed by atoms with Gasteiger partial charge in [0.1, 0.15) is 5.82 Å². The van der Waals surface area contributed by atoms with Gasteiger partial charge in [0.05, 0.1) is 0 Å². The van der Waals surface area contributed by atoms with E-state index in [1.54, 1.807) is 0 Å². The van der Waals surface area contributed by atoms with Crippen molar-refractivity contribution in [3.63, 3.8) is 0 Å².